The van der Waals surface area contributed by atoms with E-state index in [1.54, 1.807) is 9.80 Å². The quantitative estimate of drug-likeness (QED) is 0.852. The Bertz CT molecular complexity index is 353. The zero-order chi connectivity index (χ0) is 14.0. The third-order valence-electron chi connectivity index (χ3n) is 4.65. The minimum absolute atomic E-state index is 0.0110. The highest BCUT2D eigenvalue weighted by Crippen LogP contribution is 2.28. The minimum Gasteiger partial charge on any atom is -0.481 e. The van der Waals surface area contributed by atoms with E-state index in [9.17, 15) is 9.59 Å². The van der Waals surface area contributed by atoms with Gasteiger partial charge in [0, 0.05) is 26.2 Å². The van der Waals surface area contributed by atoms with Crippen molar-refractivity contribution >= 4 is 12.0 Å². The van der Waals surface area contributed by atoms with Gasteiger partial charge in [-0.15, -0.1) is 0 Å². The van der Waals surface area contributed by atoms with E-state index in [0.717, 1.165) is 6.54 Å². The normalized spacial score (nSPS) is 27.8. The van der Waals surface area contributed by atoms with Crippen LogP contribution in [0.3, 0.4) is 0 Å². The second-order valence-electron chi connectivity index (χ2n) is 5.98. The summed E-state index contributed by atoms with van der Waals surface area (Å²) in [4.78, 5) is 26.9. The SMILES string of the molecule is CC1C(C(=O)O)CCN1C(=O)N(C)CC1CCCC1. The molecule has 5 heteroatoms. The molecule has 1 aliphatic carbocycles. The lowest BCUT2D eigenvalue weighted by atomic mass is 10.0. The van der Waals surface area contributed by atoms with Crippen molar-refractivity contribution in [2.45, 2.75) is 45.1 Å². The van der Waals surface area contributed by atoms with Crippen molar-refractivity contribution in [1.82, 2.24) is 9.80 Å². The molecule has 2 amide bonds. The molecule has 0 bridgehead atoms. The van der Waals surface area contributed by atoms with Gasteiger partial charge in [-0.1, -0.05) is 12.8 Å². The molecule has 0 aromatic rings. The molecule has 1 saturated heterocycles. The number of carbonyl (C=O) groups excluding carboxylic acids is 1. The first-order valence-electron chi connectivity index (χ1n) is 7.25. The van der Waals surface area contributed by atoms with E-state index in [-0.39, 0.29) is 12.1 Å². The number of rotatable bonds is 3. The van der Waals surface area contributed by atoms with Crippen molar-refractivity contribution in [3.05, 3.63) is 0 Å². The Labute approximate surface area is 114 Å². The van der Waals surface area contributed by atoms with Gasteiger partial charge in [0.25, 0.3) is 0 Å². The Morgan fingerprint density at radius 2 is 1.89 bits per heavy atom. The van der Waals surface area contributed by atoms with Crippen molar-refractivity contribution in [3.63, 3.8) is 0 Å². The molecular formula is C14H24N2O3. The second kappa shape index (κ2) is 5.80. The number of carbonyl (C=O) groups is 2. The van der Waals surface area contributed by atoms with Gasteiger partial charge in [-0.2, -0.15) is 0 Å². The van der Waals surface area contributed by atoms with Gasteiger partial charge in [0.15, 0.2) is 0 Å². The zero-order valence-electron chi connectivity index (χ0n) is 11.8. The molecule has 2 rings (SSSR count). The first kappa shape index (κ1) is 14.2. The third kappa shape index (κ3) is 3.01. The highest BCUT2D eigenvalue weighted by atomic mass is 16.4. The number of amides is 2. The fourth-order valence-electron chi connectivity index (χ4n) is 3.42. The maximum absolute atomic E-state index is 12.4. The summed E-state index contributed by atoms with van der Waals surface area (Å²) in [7, 11) is 1.83. The van der Waals surface area contributed by atoms with Crippen LogP contribution in [0.2, 0.25) is 0 Å². The van der Waals surface area contributed by atoms with E-state index in [2.05, 4.69) is 0 Å². The lowest BCUT2D eigenvalue weighted by Crippen LogP contribution is -2.45. The predicted molar refractivity (Wildman–Crippen MR) is 71.9 cm³/mol. The number of hydrogen-bond acceptors (Lipinski definition) is 2. The number of nitrogens with zero attached hydrogens (tertiary/aromatic N) is 2. The fourth-order valence-corrected chi connectivity index (χ4v) is 3.42. The summed E-state index contributed by atoms with van der Waals surface area (Å²) >= 11 is 0. The van der Waals surface area contributed by atoms with Gasteiger partial charge in [0.05, 0.1) is 5.92 Å². The summed E-state index contributed by atoms with van der Waals surface area (Å²) in [6.07, 6.45) is 5.54. The Hall–Kier alpha value is -1.26. The number of likely N-dealkylation sites (tertiary alicyclic amines) is 1. The average Bonchev–Trinajstić information content (AvgIpc) is 2.97. The third-order valence-corrected chi connectivity index (χ3v) is 4.65. The standard InChI is InChI=1S/C14H24N2O3/c1-10-12(13(17)18)7-8-16(10)14(19)15(2)9-11-5-3-4-6-11/h10-12H,3-9H2,1-2H3,(H,17,18). The molecule has 2 unspecified atom stereocenters. The molecule has 0 radical (unpaired) electrons. The van der Waals surface area contributed by atoms with Crippen molar-refractivity contribution in [2.75, 3.05) is 20.1 Å². The van der Waals surface area contributed by atoms with Crippen molar-refractivity contribution in [2.24, 2.45) is 11.8 Å². The molecule has 0 spiro atoms. The Morgan fingerprint density at radius 3 is 2.42 bits per heavy atom. The maximum Gasteiger partial charge on any atom is 0.320 e. The molecular weight excluding hydrogens is 244 g/mol. The van der Waals surface area contributed by atoms with E-state index in [1.807, 2.05) is 14.0 Å². The Morgan fingerprint density at radius 1 is 1.26 bits per heavy atom. The van der Waals surface area contributed by atoms with E-state index in [0.29, 0.717) is 18.9 Å². The van der Waals surface area contributed by atoms with Gasteiger partial charge in [-0.25, -0.2) is 4.79 Å². The maximum atomic E-state index is 12.4. The minimum atomic E-state index is -0.791. The van der Waals surface area contributed by atoms with Crippen LogP contribution in [0, 0.1) is 11.8 Å². The number of carboxylic acids is 1. The monoisotopic (exact) mass is 268 g/mol. The molecule has 2 aliphatic rings. The van der Waals surface area contributed by atoms with Gasteiger partial charge in [0.2, 0.25) is 0 Å². The summed E-state index contributed by atoms with van der Waals surface area (Å²) in [5, 5.41) is 9.10. The summed E-state index contributed by atoms with van der Waals surface area (Å²) in [5.41, 5.74) is 0. The van der Waals surface area contributed by atoms with Crippen LogP contribution >= 0.6 is 0 Å². The van der Waals surface area contributed by atoms with Crippen molar-refractivity contribution < 1.29 is 14.7 Å². The summed E-state index contributed by atoms with van der Waals surface area (Å²) in [5.74, 6) is -0.577. The summed E-state index contributed by atoms with van der Waals surface area (Å²) in [6, 6.07) is -0.209. The van der Waals surface area contributed by atoms with E-state index in [4.69, 9.17) is 5.11 Å². The number of aliphatic carboxylic acids is 1. The van der Waals surface area contributed by atoms with Gasteiger partial charge < -0.3 is 14.9 Å². The van der Waals surface area contributed by atoms with E-state index >= 15 is 0 Å². The molecule has 1 heterocycles. The van der Waals surface area contributed by atoms with Crippen LogP contribution in [0.1, 0.15) is 39.0 Å². The molecule has 1 aliphatic heterocycles. The molecule has 19 heavy (non-hydrogen) atoms. The second-order valence-corrected chi connectivity index (χ2v) is 5.98. The lowest BCUT2D eigenvalue weighted by Gasteiger charge is -2.30. The summed E-state index contributed by atoms with van der Waals surface area (Å²) in [6.45, 7) is 3.21. The molecule has 5 nitrogen and oxygen atoms in total. The lowest BCUT2D eigenvalue weighted by molar-refractivity contribution is -0.142. The van der Waals surface area contributed by atoms with Gasteiger partial charge >= 0.3 is 12.0 Å². The van der Waals surface area contributed by atoms with Crippen LogP contribution in [0.4, 0.5) is 4.79 Å². The van der Waals surface area contributed by atoms with Crippen LogP contribution in [0.15, 0.2) is 0 Å². The first-order valence-corrected chi connectivity index (χ1v) is 7.25. The van der Waals surface area contributed by atoms with Crippen LogP contribution < -0.4 is 0 Å². The van der Waals surface area contributed by atoms with E-state index in [1.165, 1.54) is 25.7 Å². The molecule has 108 valence electrons. The number of urea groups is 1. The molecule has 2 atom stereocenters. The largest absolute Gasteiger partial charge is 0.481 e. The average molecular weight is 268 g/mol. The van der Waals surface area contributed by atoms with Crippen molar-refractivity contribution in [1.29, 1.82) is 0 Å². The first-order chi connectivity index (χ1) is 9.00. The van der Waals surface area contributed by atoms with Crippen LogP contribution in [0.5, 0.6) is 0 Å². The van der Waals surface area contributed by atoms with Gasteiger partial charge in [-0.05, 0) is 32.1 Å². The van der Waals surface area contributed by atoms with Gasteiger partial charge in [0.1, 0.15) is 0 Å². The highest BCUT2D eigenvalue weighted by Gasteiger charge is 2.39. The van der Waals surface area contributed by atoms with E-state index < -0.39 is 11.9 Å². The highest BCUT2D eigenvalue weighted by molar-refractivity contribution is 5.78. The smallest absolute Gasteiger partial charge is 0.320 e. The summed E-state index contributed by atoms with van der Waals surface area (Å²) < 4.78 is 0. The Balaban J connectivity index is 1.90. The molecule has 2 fully saturated rings. The van der Waals surface area contributed by atoms with Gasteiger partial charge in [-0.3, -0.25) is 4.79 Å². The van der Waals surface area contributed by atoms with Crippen LogP contribution in [-0.2, 0) is 4.79 Å². The fraction of sp³-hybridized carbons (Fsp3) is 0.857. The molecule has 0 aromatic heterocycles. The zero-order valence-corrected chi connectivity index (χ0v) is 11.8. The van der Waals surface area contributed by atoms with Crippen LogP contribution in [-0.4, -0.2) is 53.1 Å². The number of hydrogen-bond donors (Lipinski definition) is 1. The van der Waals surface area contributed by atoms with Crippen molar-refractivity contribution in [3.8, 4) is 0 Å². The molecule has 1 saturated carbocycles. The van der Waals surface area contributed by atoms with Crippen LogP contribution in [0.25, 0.3) is 0 Å². The molecule has 1 N–H and O–H groups in total. The molecule has 0 aromatic carbocycles. The number of carboxylic acid groups (broad SMARTS) is 1. The Kier molecular flexibility index (Phi) is 4.32. The topological polar surface area (TPSA) is 60.9 Å². The predicted octanol–water partition coefficient (Wildman–Crippen LogP) is 2.02.